The molecular weight excluding hydrogens is 484 g/mol. The normalized spacial score (nSPS) is 19.7. The predicted molar refractivity (Wildman–Crippen MR) is 155 cm³/mol. The van der Waals surface area contributed by atoms with E-state index in [9.17, 15) is 4.79 Å². The van der Waals surface area contributed by atoms with Crippen molar-refractivity contribution in [1.82, 2.24) is 0 Å². The molecule has 2 fully saturated rings. The Morgan fingerprint density at radius 1 is 0.821 bits per heavy atom. The third-order valence-corrected chi connectivity index (χ3v) is 8.23. The van der Waals surface area contributed by atoms with Gasteiger partial charge in [0.2, 0.25) is 0 Å². The van der Waals surface area contributed by atoms with Crippen LogP contribution in [0.25, 0.3) is 0 Å². The summed E-state index contributed by atoms with van der Waals surface area (Å²) >= 11 is 0. The first-order valence-electron chi connectivity index (χ1n) is 13.7. The fraction of sp³-hybridized carbons (Fsp3) is 0.265. The van der Waals surface area contributed by atoms with E-state index < -0.39 is 5.54 Å². The SMILES string of the molecule is CCOC(=O)C1C2CN(c3ccc(NC(c4ccccc4)(c4ccccc4)c4ccccc4)cc3OC)CC21. The molecule has 0 aromatic heterocycles. The number of nitrogens with zero attached hydrogens (tertiary/aromatic N) is 1. The molecule has 1 saturated heterocycles. The molecular formula is C34H34N2O3. The van der Waals surface area contributed by atoms with Crippen molar-refractivity contribution < 1.29 is 14.3 Å². The van der Waals surface area contributed by atoms with Gasteiger partial charge in [-0.25, -0.2) is 0 Å². The molecule has 6 rings (SSSR count). The number of ether oxygens (including phenoxy) is 2. The van der Waals surface area contributed by atoms with E-state index in [2.05, 4.69) is 119 Å². The van der Waals surface area contributed by atoms with E-state index in [0.29, 0.717) is 18.4 Å². The number of methoxy groups -OCH3 is 1. The topological polar surface area (TPSA) is 50.8 Å². The third-order valence-electron chi connectivity index (χ3n) is 8.23. The fourth-order valence-corrected chi connectivity index (χ4v) is 6.33. The number of rotatable bonds is 9. The second-order valence-electron chi connectivity index (χ2n) is 10.4. The first-order chi connectivity index (χ1) is 19.2. The first-order valence-corrected chi connectivity index (χ1v) is 13.7. The lowest BCUT2D eigenvalue weighted by molar-refractivity contribution is -0.145. The number of carbonyl (C=O) groups excluding carboxylic acids is 1. The van der Waals surface area contributed by atoms with Crippen molar-refractivity contribution in [2.45, 2.75) is 12.5 Å². The summed E-state index contributed by atoms with van der Waals surface area (Å²) in [4.78, 5) is 14.6. The van der Waals surface area contributed by atoms with E-state index in [0.717, 1.165) is 46.9 Å². The summed E-state index contributed by atoms with van der Waals surface area (Å²) in [6.07, 6.45) is 0. The van der Waals surface area contributed by atoms with Crippen molar-refractivity contribution in [3.05, 3.63) is 126 Å². The molecule has 0 spiro atoms. The highest BCUT2D eigenvalue weighted by Crippen LogP contribution is 2.54. The molecule has 4 aromatic carbocycles. The molecule has 1 aliphatic heterocycles. The van der Waals surface area contributed by atoms with E-state index in [4.69, 9.17) is 9.47 Å². The van der Waals surface area contributed by atoms with Crippen LogP contribution in [0.4, 0.5) is 11.4 Å². The lowest BCUT2D eigenvalue weighted by Crippen LogP contribution is -2.38. The average molecular weight is 519 g/mol. The first kappa shape index (κ1) is 25.1. The van der Waals surface area contributed by atoms with Gasteiger partial charge >= 0.3 is 5.97 Å². The van der Waals surface area contributed by atoms with E-state index in [1.54, 1.807) is 7.11 Å². The van der Waals surface area contributed by atoms with Crippen molar-refractivity contribution in [2.75, 3.05) is 37.0 Å². The zero-order chi connectivity index (χ0) is 26.8. The Balaban J connectivity index is 1.35. The fourth-order valence-electron chi connectivity index (χ4n) is 6.33. The van der Waals surface area contributed by atoms with Crippen LogP contribution >= 0.6 is 0 Å². The number of anilines is 2. The Kier molecular flexibility index (Phi) is 6.74. The second kappa shape index (κ2) is 10.5. The summed E-state index contributed by atoms with van der Waals surface area (Å²) in [5, 5.41) is 3.93. The minimum atomic E-state index is -0.613. The number of hydrogen-bond acceptors (Lipinski definition) is 5. The van der Waals surface area contributed by atoms with Crippen LogP contribution in [-0.4, -0.2) is 32.8 Å². The number of esters is 1. The molecule has 198 valence electrons. The quantitative estimate of drug-likeness (QED) is 0.207. The number of carbonyl (C=O) groups is 1. The molecule has 0 amide bonds. The Labute approximate surface area is 230 Å². The van der Waals surface area contributed by atoms with E-state index >= 15 is 0 Å². The second-order valence-corrected chi connectivity index (χ2v) is 10.4. The molecule has 2 aliphatic rings. The van der Waals surface area contributed by atoms with Gasteiger partial charge < -0.3 is 19.7 Å². The number of hydrogen-bond donors (Lipinski definition) is 1. The van der Waals surface area contributed by atoms with Crippen LogP contribution in [0, 0.1) is 17.8 Å². The van der Waals surface area contributed by atoms with Gasteiger partial charge in [0.05, 0.1) is 25.3 Å². The van der Waals surface area contributed by atoms with Crippen molar-refractivity contribution in [3.63, 3.8) is 0 Å². The molecule has 5 nitrogen and oxygen atoms in total. The Bertz CT molecular complexity index is 1320. The molecule has 4 aromatic rings. The highest BCUT2D eigenvalue weighted by Gasteiger charge is 2.60. The number of fused-ring (bicyclic) bond motifs is 1. The van der Waals surface area contributed by atoms with Crippen LogP contribution in [-0.2, 0) is 15.1 Å². The average Bonchev–Trinajstić information content (AvgIpc) is 3.50. The van der Waals surface area contributed by atoms with Crippen molar-refractivity contribution >= 4 is 17.3 Å². The van der Waals surface area contributed by atoms with Gasteiger partial charge in [0.1, 0.15) is 11.3 Å². The molecule has 2 unspecified atom stereocenters. The van der Waals surface area contributed by atoms with Gasteiger partial charge in [-0.15, -0.1) is 0 Å². The van der Waals surface area contributed by atoms with Gasteiger partial charge in [-0.3, -0.25) is 4.79 Å². The van der Waals surface area contributed by atoms with E-state index in [1.807, 2.05) is 6.92 Å². The highest BCUT2D eigenvalue weighted by molar-refractivity contribution is 5.78. The molecule has 1 aliphatic carbocycles. The molecule has 5 heteroatoms. The predicted octanol–water partition coefficient (Wildman–Crippen LogP) is 6.34. The van der Waals surface area contributed by atoms with Gasteiger partial charge in [-0.1, -0.05) is 91.0 Å². The third kappa shape index (κ3) is 4.52. The van der Waals surface area contributed by atoms with Gasteiger partial charge in [-0.2, -0.15) is 0 Å². The maximum atomic E-state index is 12.2. The molecule has 0 bridgehead atoms. The number of benzene rings is 4. The monoisotopic (exact) mass is 518 g/mol. The van der Waals surface area contributed by atoms with Crippen molar-refractivity contribution in [2.24, 2.45) is 17.8 Å². The van der Waals surface area contributed by atoms with Crippen LogP contribution in [0.1, 0.15) is 23.6 Å². The molecule has 1 heterocycles. The van der Waals surface area contributed by atoms with Crippen LogP contribution in [0.15, 0.2) is 109 Å². The Morgan fingerprint density at radius 2 is 1.33 bits per heavy atom. The van der Waals surface area contributed by atoms with Gasteiger partial charge in [-0.05, 0) is 47.6 Å². The summed E-state index contributed by atoms with van der Waals surface area (Å²) in [7, 11) is 1.72. The number of piperidine rings is 1. The molecule has 1 N–H and O–H groups in total. The smallest absolute Gasteiger partial charge is 0.309 e. The maximum Gasteiger partial charge on any atom is 0.309 e. The molecule has 0 radical (unpaired) electrons. The molecule has 1 saturated carbocycles. The summed E-state index contributed by atoms with van der Waals surface area (Å²) in [6, 6.07) is 38.1. The lowest BCUT2D eigenvalue weighted by atomic mass is 9.77. The van der Waals surface area contributed by atoms with Crippen molar-refractivity contribution in [3.8, 4) is 5.75 Å². The van der Waals surface area contributed by atoms with Crippen molar-refractivity contribution in [1.29, 1.82) is 0 Å². The van der Waals surface area contributed by atoms with Gasteiger partial charge in [0, 0.05) is 24.8 Å². The van der Waals surface area contributed by atoms with Crippen LogP contribution in [0.3, 0.4) is 0 Å². The molecule has 39 heavy (non-hydrogen) atoms. The van der Waals surface area contributed by atoms with E-state index in [-0.39, 0.29) is 11.9 Å². The minimum absolute atomic E-state index is 0.0438. The minimum Gasteiger partial charge on any atom is -0.495 e. The maximum absolute atomic E-state index is 12.2. The van der Waals surface area contributed by atoms with Crippen LogP contribution < -0.4 is 15.0 Å². The highest BCUT2D eigenvalue weighted by atomic mass is 16.5. The standard InChI is InChI=1S/C34H34N2O3/c1-3-39-33(37)32-28-22-36(23-29(28)32)30-20-19-27(21-31(30)38-2)35-34(24-13-7-4-8-14-24,25-15-9-5-10-16-25)26-17-11-6-12-18-26/h4-21,28-29,32,35H,3,22-23H2,1-2H3. The number of nitrogens with one attached hydrogen (secondary N) is 1. The van der Waals surface area contributed by atoms with Gasteiger partial charge in [0.25, 0.3) is 0 Å². The largest absolute Gasteiger partial charge is 0.495 e. The summed E-state index contributed by atoms with van der Waals surface area (Å²) < 4.78 is 11.2. The van der Waals surface area contributed by atoms with Gasteiger partial charge in [0.15, 0.2) is 0 Å². The molecule has 2 atom stereocenters. The summed E-state index contributed by atoms with van der Waals surface area (Å²) in [6.45, 7) is 4.00. The zero-order valence-corrected chi connectivity index (χ0v) is 22.4. The lowest BCUT2D eigenvalue weighted by Gasteiger charge is -2.38. The Hall–Kier alpha value is -4.25. The zero-order valence-electron chi connectivity index (χ0n) is 22.4. The summed E-state index contributed by atoms with van der Waals surface area (Å²) in [5.74, 6) is 1.56. The summed E-state index contributed by atoms with van der Waals surface area (Å²) in [5.41, 5.74) is 4.85. The Morgan fingerprint density at radius 3 is 1.79 bits per heavy atom. The van der Waals surface area contributed by atoms with E-state index in [1.165, 1.54) is 0 Å². The van der Waals surface area contributed by atoms with Crippen LogP contribution in [0.5, 0.6) is 5.75 Å². The van der Waals surface area contributed by atoms with Crippen LogP contribution in [0.2, 0.25) is 0 Å².